The summed E-state index contributed by atoms with van der Waals surface area (Å²) in [5, 5.41) is 4.79. The van der Waals surface area contributed by atoms with Gasteiger partial charge in [-0.2, -0.15) is 11.8 Å². The smallest absolute Gasteiger partial charge is 0.168 e. The highest BCUT2D eigenvalue weighted by atomic mass is 32.2. The molecule has 1 aliphatic heterocycles. The zero-order valence-corrected chi connectivity index (χ0v) is 12.8. The molecule has 1 saturated heterocycles. The molecule has 0 unspecified atom stereocenters. The highest BCUT2D eigenvalue weighted by molar-refractivity contribution is 7.99. The van der Waals surface area contributed by atoms with Crippen LogP contribution in [0.25, 0.3) is 0 Å². The molecule has 0 aromatic rings. The lowest BCUT2D eigenvalue weighted by Gasteiger charge is -2.36. The van der Waals surface area contributed by atoms with Crippen LogP contribution in [0.4, 0.5) is 0 Å². The Hall–Kier alpha value is 0.230. The monoisotopic (exact) mass is 285 g/mol. The van der Waals surface area contributed by atoms with Crippen molar-refractivity contribution >= 4 is 11.8 Å². The molecule has 110 valence electrons. The van der Waals surface area contributed by atoms with Gasteiger partial charge in [0.1, 0.15) is 0 Å². The minimum atomic E-state index is -0.200. The average Bonchev–Trinajstić information content (AvgIpc) is 3.04. The highest BCUT2D eigenvalue weighted by Crippen LogP contribution is 2.37. The van der Waals surface area contributed by atoms with E-state index in [9.17, 15) is 0 Å². The third-order valence-corrected chi connectivity index (χ3v) is 6.05. The molecule has 0 aromatic carbocycles. The van der Waals surface area contributed by atoms with Crippen LogP contribution < -0.4 is 5.32 Å². The number of nitrogens with one attached hydrogen (secondary N) is 1. The molecule has 0 radical (unpaired) electrons. The van der Waals surface area contributed by atoms with Crippen LogP contribution in [0.1, 0.15) is 51.9 Å². The Labute approximate surface area is 121 Å². The average molecular weight is 285 g/mol. The highest BCUT2D eigenvalue weighted by Gasteiger charge is 2.40. The first-order valence-electron chi connectivity index (χ1n) is 7.95. The van der Waals surface area contributed by atoms with Crippen molar-refractivity contribution in [1.82, 2.24) is 5.32 Å². The van der Waals surface area contributed by atoms with E-state index in [2.05, 4.69) is 24.0 Å². The van der Waals surface area contributed by atoms with Crippen molar-refractivity contribution in [2.24, 2.45) is 0 Å². The molecule has 0 amide bonds. The van der Waals surface area contributed by atoms with E-state index < -0.39 is 0 Å². The molecule has 1 heterocycles. The van der Waals surface area contributed by atoms with E-state index in [4.69, 9.17) is 9.47 Å². The fraction of sp³-hybridized carbons (Fsp3) is 1.00. The molecule has 4 heteroatoms. The van der Waals surface area contributed by atoms with Crippen molar-refractivity contribution < 1.29 is 9.47 Å². The maximum absolute atomic E-state index is 5.80. The number of hydrogen-bond donors (Lipinski definition) is 1. The number of hydrogen-bond acceptors (Lipinski definition) is 4. The van der Waals surface area contributed by atoms with Gasteiger partial charge < -0.3 is 14.8 Å². The van der Waals surface area contributed by atoms with Gasteiger partial charge in [-0.1, -0.05) is 6.92 Å². The van der Waals surface area contributed by atoms with E-state index in [1.54, 1.807) is 0 Å². The standard InChI is InChI=1S/C15H27NO2S/c1-2-19-14-4-3-13(11-14)16-12-5-7-15(8-6-12)17-9-10-18-15/h12-14,16H,2-11H2,1H3/t13-,14+/m0/s1. The van der Waals surface area contributed by atoms with Gasteiger partial charge in [-0.3, -0.25) is 0 Å². The fourth-order valence-corrected chi connectivity index (χ4v) is 4.96. The predicted octanol–water partition coefficient (Wildman–Crippen LogP) is 2.94. The maximum atomic E-state index is 5.80. The molecule has 3 aliphatic rings. The van der Waals surface area contributed by atoms with E-state index in [0.717, 1.165) is 37.3 Å². The van der Waals surface area contributed by atoms with Crippen LogP contribution in [0.15, 0.2) is 0 Å². The maximum Gasteiger partial charge on any atom is 0.168 e. The summed E-state index contributed by atoms with van der Waals surface area (Å²) in [5.74, 6) is 1.06. The Morgan fingerprint density at radius 3 is 2.47 bits per heavy atom. The minimum absolute atomic E-state index is 0.200. The first-order valence-corrected chi connectivity index (χ1v) is 9.00. The topological polar surface area (TPSA) is 30.5 Å². The van der Waals surface area contributed by atoms with Gasteiger partial charge in [0.15, 0.2) is 5.79 Å². The molecule has 0 aromatic heterocycles. The summed E-state index contributed by atoms with van der Waals surface area (Å²) in [4.78, 5) is 0. The van der Waals surface area contributed by atoms with E-state index in [1.807, 2.05) is 0 Å². The number of thioether (sulfide) groups is 1. The van der Waals surface area contributed by atoms with Crippen LogP contribution in [-0.2, 0) is 9.47 Å². The summed E-state index contributed by atoms with van der Waals surface area (Å²) >= 11 is 2.14. The largest absolute Gasteiger partial charge is 0.348 e. The van der Waals surface area contributed by atoms with Crippen LogP contribution in [0, 0.1) is 0 Å². The van der Waals surface area contributed by atoms with Gasteiger partial charge in [0.25, 0.3) is 0 Å². The van der Waals surface area contributed by atoms with E-state index in [1.165, 1.54) is 37.9 Å². The lowest BCUT2D eigenvalue weighted by Crippen LogP contribution is -2.45. The van der Waals surface area contributed by atoms with E-state index in [-0.39, 0.29) is 5.79 Å². The molecule has 3 nitrogen and oxygen atoms in total. The zero-order valence-electron chi connectivity index (χ0n) is 12.0. The van der Waals surface area contributed by atoms with Crippen molar-refractivity contribution in [1.29, 1.82) is 0 Å². The molecular formula is C15H27NO2S. The zero-order chi connectivity index (χ0) is 13.1. The molecule has 2 atom stereocenters. The number of ether oxygens (including phenoxy) is 2. The predicted molar refractivity (Wildman–Crippen MR) is 79.6 cm³/mol. The summed E-state index contributed by atoms with van der Waals surface area (Å²) in [7, 11) is 0. The normalized spacial score (nSPS) is 35.2. The molecule has 19 heavy (non-hydrogen) atoms. The van der Waals surface area contributed by atoms with Crippen LogP contribution in [0.2, 0.25) is 0 Å². The lowest BCUT2D eigenvalue weighted by atomic mass is 9.89. The second kappa shape index (κ2) is 6.33. The van der Waals surface area contributed by atoms with Crippen LogP contribution in [-0.4, -0.2) is 42.1 Å². The Morgan fingerprint density at radius 1 is 1.05 bits per heavy atom. The SMILES string of the molecule is CCS[C@@H]1CC[C@H](NC2CCC3(CC2)OCCO3)C1. The Balaban J connectivity index is 1.40. The first kappa shape index (κ1) is 14.2. The van der Waals surface area contributed by atoms with E-state index in [0.29, 0.717) is 6.04 Å². The molecule has 3 rings (SSSR count). The molecule has 2 aliphatic carbocycles. The Bertz CT molecular complexity index is 284. The van der Waals surface area contributed by atoms with Crippen molar-refractivity contribution in [3.63, 3.8) is 0 Å². The van der Waals surface area contributed by atoms with Crippen molar-refractivity contribution in [2.75, 3.05) is 19.0 Å². The Morgan fingerprint density at radius 2 is 1.79 bits per heavy atom. The third kappa shape index (κ3) is 3.46. The third-order valence-electron chi connectivity index (χ3n) is 4.82. The quantitative estimate of drug-likeness (QED) is 0.860. The molecule has 1 spiro atoms. The van der Waals surface area contributed by atoms with Gasteiger partial charge >= 0.3 is 0 Å². The van der Waals surface area contributed by atoms with E-state index >= 15 is 0 Å². The van der Waals surface area contributed by atoms with Gasteiger partial charge in [-0.15, -0.1) is 0 Å². The molecule has 3 fully saturated rings. The number of rotatable bonds is 4. The van der Waals surface area contributed by atoms with Gasteiger partial charge in [0, 0.05) is 30.2 Å². The van der Waals surface area contributed by atoms with Gasteiger partial charge in [-0.05, 0) is 37.9 Å². The van der Waals surface area contributed by atoms with Crippen LogP contribution in [0.3, 0.4) is 0 Å². The summed E-state index contributed by atoms with van der Waals surface area (Å²) in [5.41, 5.74) is 0. The summed E-state index contributed by atoms with van der Waals surface area (Å²) in [6, 6.07) is 1.45. The summed E-state index contributed by atoms with van der Waals surface area (Å²) in [6.45, 7) is 3.85. The second-order valence-electron chi connectivity index (χ2n) is 6.14. The van der Waals surface area contributed by atoms with Gasteiger partial charge in [-0.25, -0.2) is 0 Å². The minimum Gasteiger partial charge on any atom is -0.348 e. The molecule has 1 N–H and O–H groups in total. The summed E-state index contributed by atoms with van der Waals surface area (Å²) in [6.07, 6.45) is 8.71. The first-order chi connectivity index (χ1) is 9.30. The second-order valence-corrected chi connectivity index (χ2v) is 7.71. The van der Waals surface area contributed by atoms with Crippen LogP contribution in [0.5, 0.6) is 0 Å². The molecular weight excluding hydrogens is 258 g/mol. The van der Waals surface area contributed by atoms with Gasteiger partial charge in [0.05, 0.1) is 13.2 Å². The Kier molecular flexibility index (Phi) is 4.73. The summed E-state index contributed by atoms with van der Waals surface area (Å²) < 4.78 is 11.6. The fourth-order valence-electron chi connectivity index (χ4n) is 3.82. The lowest BCUT2D eigenvalue weighted by molar-refractivity contribution is -0.179. The van der Waals surface area contributed by atoms with Crippen molar-refractivity contribution in [2.45, 2.75) is 75.0 Å². The van der Waals surface area contributed by atoms with Crippen molar-refractivity contribution in [3.8, 4) is 0 Å². The molecule has 2 saturated carbocycles. The van der Waals surface area contributed by atoms with Gasteiger partial charge in [0.2, 0.25) is 0 Å². The molecule has 0 bridgehead atoms. The van der Waals surface area contributed by atoms with Crippen molar-refractivity contribution in [3.05, 3.63) is 0 Å². The van der Waals surface area contributed by atoms with Crippen LogP contribution >= 0.6 is 11.8 Å².